The van der Waals surface area contributed by atoms with Gasteiger partial charge in [-0.3, -0.25) is 0 Å². The van der Waals surface area contributed by atoms with Crippen LogP contribution in [-0.4, -0.2) is 31.7 Å². The van der Waals surface area contributed by atoms with E-state index in [0.717, 1.165) is 30.6 Å². The van der Waals surface area contributed by atoms with Gasteiger partial charge in [0.15, 0.2) is 5.79 Å². The molecule has 0 bridgehead atoms. The summed E-state index contributed by atoms with van der Waals surface area (Å²) >= 11 is 0. The molecule has 1 aromatic carbocycles. The van der Waals surface area contributed by atoms with Crippen LogP contribution in [0.25, 0.3) is 0 Å². The van der Waals surface area contributed by atoms with Crippen LogP contribution in [0.2, 0.25) is 0 Å². The summed E-state index contributed by atoms with van der Waals surface area (Å²) in [4.78, 5) is 2.11. The largest absolute Gasteiger partial charge is 0.393 e. The first kappa shape index (κ1) is 22.6. The lowest BCUT2D eigenvalue weighted by atomic mass is 9.88. The normalized spacial score (nSPS) is 20.9. The minimum Gasteiger partial charge on any atom is -0.347 e. The molecule has 0 N–H and O–H groups in total. The summed E-state index contributed by atoms with van der Waals surface area (Å²) < 4.78 is 49.1. The summed E-state index contributed by atoms with van der Waals surface area (Å²) in [6.07, 6.45) is 4.03. The molecule has 2 heterocycles. The summed E-state index contributed by atoms with van der Waals surface area (Å²) in [5.41, 5.74) is 4.79. The molecule has 0 saturated carbocycles. The highest BCUT2D eigenvalue weighted by molar-refractivity contribution is 5.58. The van der Waals surface area contributed by atoms with Crippen molar-refractivity contribution >= 4 is 5.69 Å². The average Bonchev–Trinajstić information content (AvgIpc) is 3.18. The van der Waals surface area contributed by atoms with E-state index in [-0.39, 0.29) is 5.56 Å². The minimum absolute atomic E-state index is 0.281. The van der Waals surface area contributed by atoms with Gasteiger partial charge in [0.2, 0.25) is 0 Å². The summed E-state index contributed by atoms with van der Waals surface area (Å²) in [6, 6.07) is 6.63. The Balaban J connectivity index is 0.00000124. The molecule has 1 spiro atoms. The quantitative estimate of drug-likeness (QED) is 0.570. The van der Waals surface area contributed by atoms with Crippen molar-refractivity contribution in [1.82, 2.24) is 0 Å². The summed E-state index contributed by atoms with van der Waals surface area (Å²) in [7, 11) is 0. The van der Waals surface area contributed by atoms with Crippen molar-refractivity contribution in [3.8, 4) is 0 Å². The van der Waals surface area contributed by atoms with Crippen LogP contribution in [0.3, 0.4) is 0 Å². The Labute approximate surface area is 176 Å². The fraction of sp³-hybridized carbons (Fsp3) is 0.500. The van der Waals surface area contributed by atoms with Gasteiger partial charge in [-0.2, -0.15) is 13.2 Å². The summed E-state index contributed by atoms with van der Waals surface area (Å²) in [5, 5.41) is 0. The molecule has 164 valence electrons. The number of hydrogen-bond donors (Lipinski definition) is 0. The number of allylic oxidation sites excluding steroid dienone is 4. The van der Waals surface area contributed by atoms with Gasteiger partial charge in [-0.05, 0) is 48.3 Å². The second-order valence-corrected chi connectivity index (χ2v) is 7.56. The molecule has 2 aliphatic heterocycles. The lowest BCUT2D eigenvalue weighted by Crippen LogP contribution is -2.32. The van der Waals surface area contributed by atoms with Gasteiger partial charge >= 0.3 is 6.18 Å². The summed E-state index contributed by atoms with van der Waals surface area (Å²) in [6.45, 7) is 8.07. The molecule has 0 atom stereocenters. The van der Waals surface area contributed by atoms with Gasteiger partial charge in [0.05, 0.1) is 19.6 Å². The van der Waals surface area contributed by atoms with Crippen LogP contribution in [0.1, 0.15) is 45.6 Å². The molecule has 6 heteroatoms. The fourth-order valence-electron chi connectivity index (χ4n) is 4.08. The Morgan fingerprint density at radius 2 is 1.70 bits per heavy atom. The minimum atomic E-state index is -4.18. The van der Waals surface area contributed by atoms with E-state index in [0.29, 0.717) is 19.8 Å². The van der Waals surface area contributed by atoms with E-state index in [1.807, 2.05) is 20.8 Å². The van der Waals surface area contributed by atoms with E-state index in [4.69, 9.17) is 9.47 Å². The third-order valence-electron chi connectivity index (χ3n) is 5.56. The zero-order chi connectivity index (χ0) is 21.8. The lowest BCUT2D eigenvalue weighted by molar-refractivity contribution is -0.161. The number of benzene rings is 1. The highest BCUT2D eigenvalue weighted by Crippen LogP contribution is 2.38. The molecule has 4 rings (SSSR count). The second kappa shape index (κ2) is 9.40. The molecule has 0 radical (unpaired) electrons. The number of ether oxygens (including phenoxy) is 2. The van der Waals surface area contributed by atoms with Gasteiger partial charge in [-0.15, -0.1) is 0 Å². The van der Waals surface area contributed by atoms with E-state index in [1.54, 1.807) is 24.3 Å². The molecule has 0 amide bonds. The maximum absolute atomic E-state index is 12.5. The van der Waals surface area contributed by atoms with E-state index >= 15 is 0 Å². The molecule has 0 unspecified atom stereocenters. The topological polar surface area (TPSA) is 21.7 Å². The first-order valence-corrected chi connectivity index (χ1v) is 10.6. The monoisotopic (exact) mass is 421 g/mol. The third kappa shape index (κ3) is 5.35. The van der Waals surface area contributed by atoms with Crippen molar-refractivity contribution in [3.63, 3.8) is 0 Å². The van der Waals surface area contributed by atoms with Crippen molar-refractivity contribution in [2.24, 2.45) is 0 Å². The number of hydrogen-bond acceptors (Lipinski definition) is 3. The van der Waals surface area contributed by atoms with Crippen molar-refractivity contribution in [1.29, 1.82) is 0 Å². The number of alkyl halides is 3. The average molecular weight is 422 g/mol. The third-order valence-corrected chi connectivity index (χ3v) is 5.56. The predicted octanol–water partition coefficient (Wildman–Crippen LogP) is 6.32. The van der Waals surface area contributed by atoms with E-state index in [2.05, 4.69) is 23.1 Å². The number of halogens is 3. The molecule has 3 aliphatic rings. The molecule has 1 fully saturated rings. The van der Waals surface area contributed by atoms with E-state index in [9.17, 15) is 13.2 Å². The predicted molar refractivity (Wildman–Crippen MR) is 113 cm³/mol. The maximum Gasteiger partial charge on any atom is 0.393 e. The molecule has 1 aromatic rings. The van der Waals surface area contributed by atoms with Crippen LogP contribution >= 0.6 is 0 Å². The molecule has 1 aliphatic carbocycles. The molecule has 30 heavy (non-hydrogen) atoms. The van der Waals surface area contributed by atoms with Gasteiger partial charge < -0.3 is 14.4 Å². The number of anilines is 1. The van der Waals surface area contributed by atoms with Crippen molar-refractivity contribution in [3.05, 3.63) is 64.9 Å². The highest BCUT2D eigenvalue weighted by Gasteiger charge is 2.38. The number of nitrogens with zero attached hydrogens (tertiary/aromatic N) is 1. The first-order valence-electron chi connectivity index (χ1n) is 10.6. The zero-order valence-corrected chi connectivity index (χ0v) is 17.9. The Morgan fingerprint density at radius 1 is 1.03 bits per heavy atom. The highest BCUT2D eigenvalue weighted by atomic mass is 19.4. The van der Waals surface area contributed by atoms with Crippen LogP contribution in [0.5, 0.6) is 0 Å². The van der Waals surface area contributed by atoms with Gasteiger partial charge in [-0.1, -0.05) is 38.1 Å². The smallest absolute Gasteiger partial charge is 0.347 e. The Kier molecular flexibility index (Phi) is 7.09. The Morgan fingerprint density at radius 3 is 2.23 bits per heavy atom. The second-order valence-electron chi connectivity index (χ2n) is 7.56. The van der Waals surface area contributed by atoms with Gasteiger partial charge in [0.1, 0.15) is 0 Å². The van der Waals surface area contributed by atoms with Crippen molar-refractivity contribution < 1.29 is 22.6 Å². The van der Waals surface area contributed by atoms with Crippen LogP contribution in [0, 0.1) is 0 Å². The molecular weight excluding hydrogens is 391 g/mol. The van der Waals surface area contributed by atoms with Crippen molar-refractivity contribution in [2.45, 2.75) is 58.4 Å². The molecular formula is C24H30F3NO2. The Bertz CT molecular complexity index is 816. The van der Waals surface area contributed by atoms with Gasteiger partial charge in [-0.25, -0.2) is 0 Å². The van der Waals surface area contributed by atoms with Crippen molar-refractivity contribution in [2.75, 3.05) is 24.7 Å². The maximum atomic E-state index is 12.5. The van der Waals surface area contributed by atoms with Crippen LogP contribution in [0.15, 0.2) is 59.3 Å². The molecule has 1 saturated heterocycles. The van der Waals surface area contributed by atoms with Crippen LogP contribution < -0.4 is 4.90 Å². The van der Waals surface area contributed by atoms with E-state index < -0.39 is 18.4 Å². The summed E-state index contributed by atoms with van der Waals surface area (Å²) in [5.74, 6) is -0.415. The van der Waals surface area contributed by atoms with Crippen LogP contribution in [0.4, 0.5) is 18.9 Å². The van der Waals surface area contributed by atoms with Gasteiger partial charge in [0, 0.05) is 30.8 Å². The van der Waals surface area contributed by atoms with Gasteiger partial charge in [0.25, 0.3) is 0 Å². The zero-order valence-electron chi connectivity index (χ0n) is 17.9. The SMILES string of the molecule is CC.CC1=CC(C2=CCC3(CC2)OCCO3)=CCN1c1ccc(CC(F)(F)F)cc1. The van der Waals surface area contributed by atoms with E-state index in [1.165, 1.54) is 11.1 Å². The lowest BCUT2D eigenvalue weighted by Gasteiger charge is -2.33. The fourth-order valence-corrected chi connectivity index (χ4v) is 4.08. The number of rotatable bonds is 3. The first-order chi connectivity index (χ1) is 14.3. The molecule has 0 aromatic heterocycles. The standard InChI is InChI=1S/C22H24F3NO2.C2H6/c1-16-14-19(18-6-9-21(10-7-18)27-12-13-28-21)8-11-26(16)20-4-2-17(3-5-20)15-22(23,24)25;1-2/h2-6,8,14H,7,9-13,15H2,1H3;1-2H3. The molecule has 3 nitrogen and oxygen atoms in total. The van der Waals surface area contributed by atoms with Crippen LogP contribution in [-0.2, 0) is 15.9 Å². The Hall–Kier alpha value is -2.05.